The van der Waals surface area contributed by atoms with E-state index in [0.717, 1.165) is 22.8 Å². The molecule has 0 aromatic carbocycles. The average molecular weight is 279 g/mol. The second-order valence-electron chi connectivity index (χ2n) is 5.76. The highest BCUT2D eigenvalue weighted by Crippen LogP contribution is 2.26. The number of nitrogens with one attached hydrogen (secondary N) is 1. The lowest BCUT2D eigenvalue weighted by molar-refractivity contribution is 0.532. The zero-order valence-corrected chi connectivity index (χ0v) is 12.7. The Morgan fingerprint density at radius 3 is 2.68 bits per heavy atom. The molecule has 104 valence electrons. The molecule has 0 bridgehead atoms. The lowest BCUT2D eigenvalue weighted by Gasteiger charge is -2.15. The van der Waals surface area contributed by atoms with Crippen molar-refractivity contribution >= 4 is 11.3 Å². The van der Waals surface area contributed by atoms with E-state index in [2.05, 4.69) is 41.5 Å². The van der Waals surface area contributed by atoms with Crippen LogP contribution in [-0.2, 0) is 18.9 Å². The standard InChI is InChI=1S/C13H21N5S/c1-13(2,3)11-7-19-12(16-11)5-9(17-14)10-6-18(4)8-15-10/h6-9,17H,5,14H2,1-4H3. The maximum Gasteiger partial charge on any atom is 0.0948 e. The summed E-state index contributed by atoms with van der Waals surface area (Å²) < 4.78 is 1.92. The number of hydrogen-bond donors (Lipinski definition) is 2. The van der Waals surface area contributed by atoms with E-state index in [1.165, 1.54) is 0 Å². The Bertz CT molecular complexity index is 537. The van der Waals surface area contributed by atoms with E-state index in [9.17, 15) is 0 Å². The molecule has 19 heavy (non-hydrogen) atoms. The minimum absolute atomic E-state index is 0.000156. The van der Waals surface area contributed by atoms with Gasteiger partial charge in [0.15, 0.2) is 0 Å². The number of imidazole rings is 1. The third-order valence-electron chi connectivity index (χ3n) is 2.98. The number of nitrogens with zero attached hydrogens (tertiary/aromatic N) is 3. The van der Waals surface area contributed by atoms with Crippen LogP contribution < -0.4 is 11.3 Å². The molecule has 0 fully saturated rings. The monoisotopic (exact) mass is 279 g/mol. The Morgan fingerprint density at radius 2 is 2.21 bits per heavy atom. The summed E-state index contributed by atoms with van der Waals surface area (Å²) in [5.41, 5.74) is 4.98. The second kappa shape index (κ2) is 5.40. The molecule has 0 aliphatic rings. The Balaban J connectivity index is 2.13. The smallest absolute Gasteiger partial charge is 0.0948 e. The molecule has 1 atom stereocenters. The van der Waals surface area contributed by atoms with E-state index in [-0.39, 0.29) is 11.5 Å². The van der Waals surface area contributed by atoms with E-state index in [0.29, 0.717) is 0 Å². The van der Waals surface area contributed by atoms with Gasteiger partial charge in [0.2, 0.25) is 0 Å². The van der Waals surface area contributed by atoms with Gasteiger partial charge >= 0.3 is 0 Å². The molecule has 0 spiro atoms. The topological polar surface area (TPSA) is 68.8 Å². The van der Waals surface area contributed by atoms with Crippen LogP contribution in [0.15, 0.2) is 17.9 Å². The van der Waals surface area contributed by atoms with Crippen molar-refractivity contribution in [2.45, 2.75) is 38.6 Å². The molecule has 0 saturated carbocycles. The summed E-state index contributed by atoms with van der Waals surface area (Å²) in [5.74, 6) is 5.63. The van der Waals surface area contributed by atoms with Crippen molar-refractivity contribution in [1.82, 2.24) is 20.0 Å². The molecule has 0 aliphatic carbocycles. The Kier molecular flexibility index (Phi) is 4.03. The zero-order chi connectivity index (χ0) is 14.0. The van der Waals surface area contributed by atoms with E-state index >= 15 is 0 Å². The van der Waals surface area contributed by atoms with E-state index in [4.69, 9.17) is 5.84 Å². The van der Waals surface area contributed by atoms with Crippen molar-refractivity contribution in [3.8, 4) is 0 Å². The molecular formula is C13H21N5S. The SMILES string of the molecule is Cn1cnc(C(Cc2nc(C(C)(C)C)cs2)NN)c1. The summed E-state index contributed by atoms with van der Waals surface area (Å²) in [5, 5.41) is 3.21. The van der Waals surface area contributed by atoms with Crippen molar-refractivity contribution in [3.63, 3.8) is 0 Å². The van der Waals surface area contributed by atoms with Crippen LogP contribution in [0.3, 0.4) is 0 Å². The Labute approximate surface area is 117 Å². The first-order valence-electron chi connectivity index (χ1n) is 6.29. The Hall–Kier alpha value is -1.24. The second-order valence-corrected chi connectivity index (χ2v) is 6.71. The Morgan fingerprint density at radius 1 is 1.47 bits per heavy atom. The van der Waals surface area contributed by atoms with Gasteiger partial charge in [-0.2, -0.15) is 0 Å². The fourth-order valence-corrected chi connectivity index (χ4v) is 2.85. The molecule has 1 unspecified atom stereocenters. The summed E-state index contributed by atoms with van der Waals surface area (Å²) in [6.07, 6.45) is 4.51. The van der Waals surface area contributed by atoms with Crippen molar-refractivity contribution in [3.05, 3.63) is 34.3 Å². The molecule has 5 nitrogen and oxygen atoms in total. The number of hydrazine groups is 1. The van der Waals surface area contributed by atoms with Crippen molar-refractivity contribution in [1.29, 1.82) is 0 Å². The molecule has 2 heterocycles. The fraction of sp³-hybridized carbons (Fsp3) is 0.538. The lowest BCUT2D eigenvalue weighted by atomic mass is 9.93. The summed E-state index contributed by atoms with van der Waals surface area (Å²) in [6, 6.07) is 0.000156. The third kappa shape index (κ3) is 3.40. The quantitative estimate of drug-likeness (QED) is 0.663. The van der Waals surface area contributed by atoms with Gasteiger partial charge in [0, 0.05) is 30.5 Å². The number of nitrogens with two attached hydrogens (primary N) is 1. The molecule has 0 aliphatic heterocycles. The first kappa shape index (κ1) is 14.2. The molecule has 3 N–H and O–H groups in total. The van der Waals surface area contributed by atoms with Crippen molar-refractivity contribution < 1.29 is 0 Å². The van der Waals surface area contributed by atoms with E-state index in [1.807, 2.05) is 17.8 Å². The normalized spacial score (nSPS) is 13.7. The van der Waals surface area contributed by atoms with Gasteiger partial charge in [-0.15, -0.1) is 11.3 Å². The van der Waals surface area contributed by atoms with Crippen LogP contribution in [0.25, 0.3) is 0 Å². The minimum atomic E-state index is 0.000156. The first-order chi connectivity index (χ1) is 8.90. The molecule has 0 radical (unpaired) electrons. The summed E-state index contributed by atoms with van der Waals surface area (Å²) in [6.45, 7) is 6.51. The number of aromatic nitrogens is 3. The molecule has 2 rings (SSSR count). The fourth-order valence-electron chi connectivity index (χ4n) is 1.79. The van der Waals surface area contributed by atoms with Crippen LogP contribution in [0.2, 0.25) is 0 Å². The molecule has 2 aromatic heterocycles. The highest BCUT2D eigenvalue weighted by molar-refractivity contribution is 7.09. The van der Waals surface area contributed by atoms with Gasteiger partial charge in [0.25, 0.3) is 0 Å². The van der Waals surface area contributed by atoms with E-state index < -0.39 is 0 Å². The van der Waals surface area contributed by atoms with Crippen LogP contribution in [-0.4, -0.2) is 14.5 Å². The van der Waals surface area contributed by atoms with Crippen LogP contribution in [0.5, 0.6) is 0 Å². The maximum absolute atomic E-state index is 5.63. The minimum Gasteiger partial charge on any atom is -0.340 e. The van der Waals surface area contributed by atoms with Gasteiger partial charge in [-0.05, 0) is 0 Å². The number of thiazole rings is 1. The highest BCUT2D eigenvalue weighted by Gasteiger charge is 2.20. The molecule has 6 heteroatoms. The van der Waals surface area contributed by atoms with Crippen LogP contribution in [0.1, 0.15) is 43.2 Å². The van der Waals surface area contributed by atoms with Crippen LogP contribution >= 0.6 is 11.3 Å². The number of rotatable bonds is 4. The predicted molar refractivity (Wildman–Crippen MR) is 77.8 cm³/mol. The van der Waals surface area contributed by atoms with Gasteiger partial charge < -0.3 is 4.57 Å². The average Bonchev–Trinajstić information content (AvgIpc) is 2.94. The predicted octanol–water partition coefficient (Wildman–Crippen LogP) is 1.92. The van der Waals surface area contributed by atoms with Gasteiger partial charge in [0.1, 0.15) is 0 Å². The van der Waals surface area contributed by atoms with Crippen molar-refractivity contribution in [2.24, 2.45) is 12.9 Å². The zero-order valence-electron chi connectivity index (χ0n) is 11.8. The van der Waals surface area contributed by atoms with Crippen LogP contribution in [0.4, 0.5) is 0 Å². The van der Waals surface area contributed by atoms with Gasteiger partial charge in [-0.3, -0.25) is 11.3 Å². The van der Waals surface area contributed by atoms with Gasteiger partial charge in [0.05, 0.1) is 28.8 Å². The first-order valence-corrected chi connectivity index (χ1v) is 7.17. The van der Waals surface area contributed by atoms with Gasteiger partial charge in [-0.1, -0.05) is 20.8 Å². The molecule has 0 amide bonds. The summed E-state index contributed by atoms with van der Waals surface area (Å²) in [7, 11) is 1.95. The summed E-state index contributed by atoms with van der Waals surface area (Å²) >= 11 is 1.68. The third-order valence-corrected chi connectivity index (χ3v) is 3.85. The number of hydrogen-bond acceptors (Lipinski definition) is 5. The summed E-state index contributed by atoms with van der Waals surface area (Å²) in [4.78, 5) is 9.03. The number of aryl methyl sites for hydroxylation is 1. The highest BCUT2D eigenvalue weighted by atomic mass is 32.1. The molecule has 0 saturated heterocycles. The van der Waals surface area contributed by atoms with Crippen LogP contribution in [0, 0.1) is 0 Å². The molecular weight excluding hydrogens is 258 g/mol. The van der Waals surface area contributed by atoms with Crippen molar-refractivity contribution in [2.75, 3.05) is 0 Å². The van der Waals surface area contributed by atoms with Gasteiger partial charge in [-0.25, -0.2) is 9.97 Å². The molecule has 2 aromatic rings. The lowest BCUT2D eigenvalue weighted by Crippen LogP contribution is -2.29. The maximum atomic E-state index is 5.63. The largest absolute Gasteiger partial charge is 0.340 e. The van der Waals surface area contributed by atoms with E-state index in [1.54, 1.807) is 17.7 Å².